The van der Waals surface area contributed by atoms with Gasteiger partial charge in [0.2, 0.25) is 0 Å². The summed E-state index contributed by atoms with van der Waals surface area (Å²) in [6.07, 6.45) is 14.4. The Balaban J connectivity index is 0.00000110. The van der Waals surface area contributed by atoms with Gasteiger partial charge in [-0.15, -0.1) is 0 Å². The summed E-state index contributed by atoms with van der Waals surface area (Å²) in [7, 11) is 0. The van der Waals surface area contributed by atoms with Crippen LogP contribution in [0.1, 0.15) is 78.1 Å². The molecule has 2 nitrogen and oxygen atoms in total. The Morgan fingerprint density at radius 1 is 0.808 bits per heavy atom. The van der Waals surface area contributed by atoms with E-state index in [1.54, 1.807) is 13.6 Å². The molecule has 0 spiro atoms. The van der Waals surface area contributed by atoms with E-state index in [0.29, 0.717) is 0 Å². The molecule has 6 heteroatoms. The molecule has 26 heavy (non-hydrogen) atoms. The predicted octanol–water partition coefficient (Wildman–Crippen LogP) is 5.19. The molecule has 0 radical (unpaired) electrons. The van der Waals surface area contributed by atoms with E-state index in [4.69, 9.17) is 0 Å². The Labute approximate surface area is 178 Å². The molecule has 0 fully saturated rings. The molecule has 0 saturated heterocycles. The first-order valence-electron chi connectivity index (χ1n) is 9.84. The van der Waals surface area contributed by atoms with Crippen LogP contribution >= 0.6 is 5.69 Å². The fraction of sp³-hybridized carbons (Fsp3) is 0.700. The number of benzene rings is 1. The summed E-state index contributed by atoms with van der Waals surface area (Å²) in [6.45, 7) is 4.61. The fourth-order valence-electron chi connectivity index (χ4n) is 2.71. The molecule has 0 N–H and O–H groups in total. The third-order valence-electron chi connectivity index (χ3n) is 4.07. The van der Waals surface area contributed by atoms with Gasteiger partial charge in [-0.25, -0.2) is 0 Å². The minimum absolute atomic E-state index is 1.03. The fourth-order valence-corrected chi connectivity index (χ4v) is 8.42. The summed E-state index contributed by atoms with van der Waals surface area (Å²) in [5.41, 5.74) is -3.72. The molecule has 0 saturated carbocycles. The summed E-state index contributed by atoms with van der Waals surface area (Å²) in [4.78, 5) is 21.7. The zero-order valence-corrected chi connectivity index (χ0v) is 20.9. The molecule has 1 aromatic rings. The van der Waals surface area contributed by atoms with E-state index < -0.39 is 23.0 Å². The first-order valence-corrected chi connectivity index (χ1v) is 17.3. The first-order chi connectivity index (χ1) is 12.4. The summed E-state index contributed by atoms with van der Waals surface area (Å²) in [5, 5.41) is 0. The van der Waals surface area contributed by atoms with Gasteiger partial charge in [0.1, 0.15) is 0 Å². The van der Waals surface area contributed by atoms with Crippen LogP contribution in [0.15, 0.2) is 30.3 Å². The van der Waals surface area contributed by atoms with Gasteiger partial charge in [0.25, 0.3) is 0 Å². The van der Waals surface area contributed by atoms with Crippen molar-refractivity contribution >= 4 is 33.7 Å². The zero-order valence-electron chi connectivity index (χ0n) is 16.4. The summed E-state index contributed by atoms with van der Waals surface area (Å²) in [5.74, 6) is 0. The maximum absolute atomic E-state index is 9.29. The van der Waals surface area contributed by atoms with Crippen molar-refractivity contribution in [1.82, 2.24) is 0 Å². The Morgan fingerprint density at radius 2 is 1.19 bits per heavy atom. The molecule has 0 aliphatic carbocycles. The molecule has 0 aliphatic rings. The van der Waals surface area contributed by atoms with Gasteiger partial charge in [0.15, 0.2) is 0 Å². The van der Waals surface area contributed by atoms with Gasteiger partial charge >= 0.3 is 139 Å². The minimum Gasteiger partial charge on any atom is -0.850 e. The zero-order chi connectivity index (χ0) is 19.7. The summed E-state index contributed by atoms with van der Waals surface area (Å²) >= 11 is 6.25. The molecule has 1 rings (SSSR count). The van der Waals surface area contributed by atoms with Crippen molar-refractivity contribution in [3.63, 3.8) is 0 Å². The Kier molecular flexibility index (Phi) is 18.5. The van der Waals surface area contributed by atoms with Crippen LogP contribution in [-0.4, -0.2) is 0 Å². The van der Waals surface area contributed by atoms with Crippen molar-refractivity contribution in [2.75, 3.05) is 0 Å². The van der Waals surface area contributed by atoms with E-state index in [1.807, 2.05) is 0 Å². The second-order valence-electron chi connectivity index (χ2n) is 6.49. The predicted molar refractivity (Wildman–Crippen MR) is 115 cm³/mol. The van der Waals surface area contributed by atoms with Gasteiger partial charge < -0.3 is 27.7 Å². The minimum atomic E-state index is -3.72. The van der Waals surface area contributed by atoms with Gasteiger partial charge in [0, 0.05) is 0 Å². The number of unbranched alkanes of at least 4 members (excludes halogenated alkanes) is 8. The molecule has 0 bridgehead atoms. The van der Waals surface area contributed by atoms with Crippen LogP contribution in [0.5, 0.6) is 0 Å². The van der Waals surface area contributed by atoms with E-state index in [0.717, 1.165) is 0 Å². The SMILES string of the molecule is CCCCCC[CH2][Mo+3]([CH2]CCCCCC)[c]1ccccc1.[O-]P([O-])(=S)[S-]. The third kappa shape index (κ3) is 19.6. The van der Waals surface area contributed by atoms with E-state index in [2.05, 4.69) is 68.2 Å². The molecule has 0 unspecified atom stereocenters. The molecule has 0 atom stereocenters. The topological polar surface area (TPSA) is 46.1 Å². The molecule has 0 heterocycles. The van der Waals surface area contributed by atoms with E-state index >= 15 is 0 Å². The average Bonchev–Trinajstić information content (AvgIpc) is 2.59. The van der Waals surface area contributed by atoms with Crippen molar-refractivity contribution in [2.24, 2.45) is 0 Å². The maximum atomic E-state index is 9.29. The maximum Gasteiger partial charge on any atom is -0.160 e. The molecule has 0 amide bonds. The van der Waals surface area contributed by atoms with Gasteiger partial charge in [-0.2, -0.15) is 11.8 Å². The number of rotatable bonds is 13. The molecular weight excluding hydrogens is 463 g/mol. The second kappa shape index (κ2) is 17.9. The largest absolute Gasteiger partial charge is 0.850 e. The molecular formula is C20H35MoO2PS2. The van der Waals surface area contributed by atoms with Crippen molar-refractivity contribution in [2.45, 2.75) is 87.7 Å². The molecule has 0 aromatic heterocycles. The van der Waals surface area contributed by atoms with Crippen molar-refractivity contribution in [3.8, 4) is 0 Å². The Bertz CT molecular complexity index is 446. The van der Waals surface area contributed by atoms with Crippen LogP contribution in [-0.2, 0) is 41.4 Å². The quantitative estimate of drug-likeness (QED) is 0.163. The van der Waals surface area contributed by atoms with Gasteiger partial charge in [-0.3, -0.25) is 0 Å². The van der Waals surface area contributed by atoms with Gasteiger partial charge in [-0.05, 0) is 0 Å². The molecule has 0 aliphatic heterocycles. The van der Waals surface area contributed by atoms with Crippen molar-refractivity contribution in [3.05, 3.63) is 30.3 Å². The van der Waals surface area contributed by atoms with E-state index in [1.165, 1.54) is 64.2 Å². The Hall–Kier alpha value is 0.828. The van der Waals surface area contributed by atoms with Crippen LogP contribution in [0.2, 0.25) is 9.62 Å². The standard InChI is InChI=1S/2C7H15.C6H5.Mo.H3O2PS2/c2*1-3-5-7-6-4-2;1-2-4-6-5-3-1;;1-3(2,4)5/h2*1,3-7H2,2H3;1-5H;;(H3,1,2,4,5)/q;;;+3;/p-3. The van der Waals surface area contributed by atoms with E-state index in [-0.39, 0.29) is 0 Å². The number of hydrogen-bond acceptors (Lipinski definition) is 4. The van der Waals surface area contributed by atoms with Crippen LogP contribution in [0, 0.1) is 0 Å². The monoisotopic (exact) mass is 500 g/mol. The van der Waals surface area contributed by atoms with Crippen molar-refractivity contribution < 1.29 is 27.1 Å². The number of hydrogen-bond donors (Lipinski definition) is 0. The van der Waals surface area contributed by atoms with Crippen LogP contribution in [0.3, 0.4) is 0 Å². The van der Waals surface area contributed by atoms with Crippen LogP contribution in [0.4, 0.5) is 0 Å². The van der Waals surface area contributed by atoms with Gasteiger partial charge in [-0.1, -0.05) is 0 Å². The average molecular weight is 499 g/mol. The first kappa shape index (κ1) is 26.8. The van der Waals surface area contributed by atoms with Crippen molar-refractivity contribution in [1.29, 1.82) is 0 Å². The smallest absolute Gasteiger partial charge is 0.160 e. The Morgan fingerprint density at radius 3 is 1.58 bits per heavy atom. The van der Waals surface area contributed by atoms with Crippen LogP contribution in [0.25, 0.3) is 0 Å². The third-order valence-corrected chi connectivity index (χ3v) is 10.2. The summed E-state index contributed by atoms with van der Waals surface area (Å²) < 4.78 is 1.74. The second-order valence-corrected chi connectivity index (χ2v) is 16.6. The molecule has 1 aromatic carbocycles. The van der Waals surface area contributed by atoms with E-state index in [9.17, 15) is 9.79 Å². The summed E-state index contributed by atoms with van der Waals surface area (Å²) in [6, 6.07) is 11.5. The van der Waals surface area contributed by atoms with Gasteiger partial charge in [0.05, 0.1) is 0 Å². The molecule has 150 valence electrons. The normalized spacial score (nSPS) is 11.0. The van der Waals surface area contributed by atoms with Crippen LogP contribution < -0.4 is 13.7 Å².